The molecule has 0 saturated carbocycles. The zero-order valence-electron chi connectivity index (χ0n) is 11.3. The van der Waals surface area contributed by atoms with Crippen molar-refractivity contribution in [2.75, 3.05) is 16.8 Å². The summed E-state index contributed by atoms with van der Waals surface area (Å²) in [6.07, 6.45) is 0. The minimum Gasteiger partial charge on any atom is -0.478 e. The van der Waals surface area contributed by atoms with E-state index in [1.54, 1.807) is 11.8 Å². The molecule has 20 heavy (non-hydrogen) atoms. The first-order valence-corrected chi connectivity index (χ1v) is 7.28. The molecule has 3 N–H and O–H groups in total. The van der Waals surface area contributed by atoms with Crippen LogP contribution < -0.4 is 10.6 Å². The van der Waals surface area contributed by atoms with Gasteiger partial charge >= 0.3 is 12.0 Å². The van der Waals surface area contributed by atoms with E-state index in [-0.39, 0.29) is 17.3 Å². The van der Waals surface area contributed by atoms with Gasteiger partial charge in [0.05, 0.1) is 11.3 Å². The fourth-order valence-corrected chi connectivity index (χ4v) is 2.21. The van der Waals surface area contributed by atoms with E-state index >= 15 is 0 Å². The van der Waals surface area contributed by atoms with E-state index in [2.05, 4.69) is 10.6 Å². The third-order valence-electron chi connectivity index (χ3n) is 2.43. The van der Waals surface area contributed by atoms with Crippen LogP contribution in [0.2, 0.25) is 0 Å². The molecule has 0 aliphatic carbocycles. The standard InChI is InChI=1S/C13H17FN2O3S/c1-3-20-7-8(2)15-13(19)16-11-9(12(17)18)5-4-6-10(11)14/h4-6,8H,3,7H2,1-2H3,(H,17,18)(H2,15,16,19). The summed E-state index contributed by atoms with van der Waals surface area (Å²) in [5, 5.41) is 13.8. The first-order chi connectivity index (χ1) is 9.45. The summed E-state index contributed by atoms with van der Waals surface area (Å²) in [6, 6.07) is 2.89. The molecule has 1 atom stereocenters. The molecule has 0 spiro atoms. The van der Waals surface area contributed by atoms with Crippen molar-refractivity contribution in [1.29, 1.82) is 0 Å². The van der Waals surface area contributed by atoms with Gasteiger partial charge in [0.15, 0.2) is 0 Å². The first-order valence-electron chi connectivity index (χ1n) is 6.12. The summed E-state index contributed by atoms with van der Waals surface area (Å²) in [5.74, 6) is -0.415. The summed E-state index contributed by atoms with van der Waals surface area (Å²) in [7, 11) is 0. The van der Waals surface area contributed by atoms with Crippen molar-refractivity contribution in [2.45, 2.75) is 19.9 Å². The Balaban J connectivity index is 2.73. The maximum atomic E-state index is 13.6. The number of urea groups is 1. The van der Waals surface area contributed by atoms with Crippen molar-refractivity contribution in [3.05, 3.63) is 29.6 Å². The van der Waals surface area contributed by atoms with Crippen molar-refractivity contribution >= 4 is 29.4 Å². The molecule has 5 nitrogen and oxygen atoms in total. The molecule has 0 aliphatic rings. The van der Waals surface area contributed by atoms with E-state index in [1.165, 1.54) is 12.1 Å². The van der Waals surface area contributed by atoms with E-state index in [4.69, 9.17) is 5.11 Å². The number of carbonyl (C=O) groups excluding carboxylic acids is 1. The van der Waals surface area contributed by atoms with Crippen molar-refractivity contribution in [3.8, 4) is 0 Å². The molecule has 0 aromatic heterocycles. The second-order valence-corrected chi connectivity index (χ2v) is 5.45. The quantitative estimate of drug-likeness (QED) is 0.755. The number of anilines is 1. The van der Waals surface area contributed by atoms with Crippen LogP contribution in [0.5, 0.6) is 0 Å². The van der Waals surface area contributed by atoms with Gasteiger partial charge in [0.1, 0.15) is 5.82 Å². The predicted octanol–water partition coefficient (Wildman–Crippen LogP) is 2.79. The number of thioether (sulfide) groups is 1. The molecule has 0 saturated heterocycles. The maximum absolute atomic E-state index is 13.6. The van der Waals surface area contributed by atoms with Gasteiger partial charge in [-0.1, -0.05) is 13.0 Å². The SMILES string of the molecule is CCSCC(C)NC(=O)Nc1c(F)cccc1C(=O)O. The Hall–Kier alpha value is -1.76. The van der Waals surface area contributed by atoms with Gasteiger partial charge in [-0.05, 0) is 24.8 Å². The lowest BCUT2D eigenvalue weighted by Gasteiger charge is -2.15. The van der Waals surface area contributed by atoms with Crippen LogP contribution in [-0.2, 0) is 0 Å². The number of amides is 2. The normalized spacial score (nSPS) is 11.8. The zero-order chi connectivity index (χ0) is 15.1. The fourth-order valence-electron chi connectivity index (χ4n) is 1.54. The number of hydrogen-bond donors (Lipinski definition) is 3. The Morgan fingerprint density at radius 1 is 1.45 bits per heavy atom. The second-order valence-electron chi connectivity index (χ2n) is 4.13. The van der Waals surface area contributed by atoms with Gasteiger partial charge in [-0.25, -0.2) is 14.0 Å². The molecule has 7 heteroatoms. The molecule has 0 radical (unpaired) electrons. The smallest absolute Gasteiger partial charge is 0.337 e. The average molecular weight is 300 g/mol. The molecule has 1 aromatic rings. The number of carboxylic acid groups (broad SMARTS) is 1. The summed E-state index contributed by atoms with van der Waals surface area (Å²) >= 11 is 1.67. The number of nitrogens with one attached hydrogen (secondary N) is 2. The monoisotopic (exact) mass is 300 g/mol. The average Bonchev–Trinajstić information content (AvgIpc) is 2.38. The van der Waals surface area contributed by atoms with Crippen LogP contribution in [-0.4, -0.2) is 34.7 Å². The zero-order valence-corrected chi connectivity index (χ0v) is 12.1. The lowest BCUT2D eigenvalue weighted by molar-refractivity contribution is 0.0697. The van der Waals surface area contributed by atoms with E-state index in [1.807, 2.05) is 13.8 Å². The summed E-state index contributed by atoms with van der Waals surface area (Å²) in [5.41, 5.74) is -0.608. The van der Waals surface area contributed by atoms with Gasteiger partial charge in [0, 0.05) is 11.8 Å². The number of rotatable bonds is 6. The van der Waals surface area contributed by atoms with Crippen LogP contribution in [0.25, 0.3) is 0 Å². The first kappa shape index (κ1) is 16.3. The van der Waals surface area contributed by atoms with Crippen molar-refractivity contribution in [2.24, 2.45) is 0 Å². The number of carbonyl (C=O) groups is 2. The van der Waals surface area contributed by atoms with Crippen LogP contribution in [0.1, 0.15) is 24.2 Å². The van der Waals surface area contributed by atoms with Crippen LogP contribution in [0.15, 0.2) is 18.2 Å². The molecule has 2 amide bonds. The maximum Gasteiger partial charge on any atom is 0.337 e. The van der Waals surface area contributed by atoms with Crippen molar-refractivity contribution < 1.29 is 19.1 Å². The molecule has 110 valence electrons. The van der Waals surface area contributed by atoms with Gasteiger partial charge < -0.3 is 15.7 Å². The molecular weight excluding hydrogens is 283 g/mol. The molecule has 0 fully saturated rings. The predicted molar refractivity (Wildman–Crippen MR) is 78.0 cm³/mol. The highest BCUT2D eigenvalue weighted by Crippen LogP contribution is 2.19. The molecule has 0 bridgehead atoms. The van der Waals surface area contributed by atoms with Crippen LogP contribution in [0, 0.1) is 5.82 Å². The van der Waals surface area contributed by atoms with E-state index in [9.17, 15) is 14.0 Å². The lowest BCUT2D eigenvalue weighted by Crippen LogP contribution is -2.38. The van der Waals surface area contributed by atoms with Gasteiger partial charge in [-0.2, -0.15) is 11.8 Å². The summed E-state index contributed by atoms with van der Waals surface area (Å²) in [4.78, 5) is 22.7. The Kier molecular flexibility index (Phi) is 6.30. The highest BCUT2D eigenvalue weighted by Gasteiger charge is 2.17. The summed E-state index contributed by atoms with van der Waals surface area (Å²) in [6.45, 7) is 3.83. The highest BCUT2D eigenvalue weighted by atomic mass is 32.2. The molecule has 1 unspecified atom stereocenters. The van der Waals surface area contributed by atoms with E-state index in [0.717, 1.165) is 17.6 Å². The molecular formula is C13H17FN2O3S. The van der Waals surface area contributed by atoms with Gasteiger partial charge in [-0.3, -0.25) is 0 Å². The number of carboxylic acids is 1. The third kappa shape index (κ3) is 4.73. The minimum atomic E-state index is -1.30. The number of hydrogen-bond acceptors (Lipinski definition) is 3. The molecule has 1 aromatic carbocycles. The third-order valence-corrected chi connectivity index (χ3v) is 3.58. The minimum absolute atomic E-state index is 0.0972. The molecule has 0 heterocycles. The van der Waals surface area contributed by atoms with Crippen molar-refractivity contribution in [1.82, 2.24) is 5.32 Å². The second kappa shape index (κ2) is 7.74. The van der Waals surface area contributed by atoms with Gasteiger partial charge in [0.2, 0.25) is 0 Å². The summed E-state index contributed by atoms with van der Waals surface area (Å²) < 4.78 is 13.6. The van der Waals surface area contributed by atoms with Crippen LogP contribution >= 0.6 is 11.8 Å². The number of para-hydroxylation sites is 1. The van der Waals surface area contributed by atoms with Crippen molar-refractivity contribution in [3.63, 3.8) is 0 Å². The Labute approximate surface area is 120 Å². The Morgan fingerprint density at radius 2 is 2.15 bits per heavy atom. The topological polar surface area (TPSA) is 78.4 Å². The molecule has 1 rings (SSSR count). The number of benzene rings is 1. The van der Waals surface area contributed by atoms with E-state index in [0.29, 0.717) is 0 Å². The van der Waals surface area contributed by atoms with Gasteiger partial charge in [-0.15, -0.1) is 0 Å². The Bertz CT molecular complexity index is 497. The molecule has 0 aliphatic heterocycles. The largest absolute Gasteiger partial charge is 0.478 e. The fraction of sp³-hybridized carbons (Fsp3) is 0.385. The van der Waals surface area contributed by atoms with Gasteiger partial charge in [0.25, 0.3) is 0 Å². The number of halogens is 1. The number of aromatic carboxylic acids is 1. The van der Waals surface area contributed by atoms with Crippen LogP contribution in [0.3, 0.4) is 0 Å². The Morgan fingerprint density at radius 3 is 2.75 bits per heavy atom. The lowest BCUT2D eigenvalue weighted by atomic mass is 10.1. The van der Waals surface area contributed by atoms with E-state index < -0.39 is 17.8 Å². The van der Waals surface area contributed by atoms with Crippen LogP contribution in [0.4, 0.5) is 14.9 Å². The highest BCUT2D eigenvalue weighted by molar-refractivity contribution is 7.99.